The van der Waals surface area contributed by atoms with Gasteiger partial charge in [0.05, 0.1) is 0 Å². The number of hydrogen-bond acceptors (Lipinski definition) is 2. The third-order valence-electron chi connectivity index (χ3n) is 2.26. The molecule has 0 fully saturated rings. The molecule has 0 aliphatic carbocycles. The number of nitrogens with two attached hydrogens (primary N) is 1. The van der Waals surface area contributed by atoms with Crippen LogP contribution in [0, 0.1) is 0 Å². The van der Waals surface area contributed by atoms with Crippen molar-refractivity contribution in [1.82, 2.24) is 0 Å². The molecule has 0 aromatic rings. The van der Waals surface area contributed by atoms with Crippen LogP contribution in [-0.4, -0.2) is 23.4 Å². The topological polar surface area (TPSA) is 46.2 Å². The lowest BCUT2D eigenvalue weighted by Crippen LogP contribution is -2.44. The molecule has 94 valence electrons. The van der Waals surface area contributed by atoms with Crippen LogP contribution >= 0.6 is 0 Å². The van der Waals surface area contributed by atoms with Crippen LogP contribution in [0.1, 0.15) is 26.7 Å². The summed E-state index contributed by atoms with van der Waals surface area (Å²) < 4.78 is 36.3. The van der Waals surface area contributed by atoms with Crippen LogP contribution in [0.3, 0.4) is 0 Å². The quantitative estimate of drug-likeness (QED) is 0.722. The van der Waals surface area contributed by atoms with Crippen LogP contribution in [0.2, 0.25) is 0 Å². The van der Waals surface area contributed by atoms with Gasteiger partial charge in [0.15, 0.2) is 6.10 Å². The fourth-order valence-corrected chi connectivity index (χ4v) is 1.27. The first-order valence-corrected chi connectivity index (χ1v) is 5.11. The molecule has 0 aliphatic rings. The molecule has 2 unspecified atom stereocenters. The summed E-state index contributed by atoms with van der Waals surface area (Å²) in [5.41, 5.74) is 6.19. The molecular formula is C11H18F3NO. The zero-order valence-corrected chi connectivity index (χ0v) is 9.46. The average molecular weight is 237 g/mol. The number of aliphatic hydroxyl groups excluding tert-OH is 1. The van der Waals surface area contributed by atoms with Gasteiger partial charge in [-0.05, 0) is 26.7 Å². The Hall–Kier alpha value is -0.810. The summed E-state index contributed by atoms with van der Waals surface area (Å²) in [4.78, 5) is 0. The summed E-state index contributed by atoms with van der Waals surface area (Å²) in [5.74, 6) is 0. The highest BCUT2D eigenvalue weighted by atomic mass is 19.4. The van der Waals surface area contributed by atoms with E-state index < -0.39 is 18.3 Å². The predicted octanol–water partition coefficient (Wildman–Crippen LogP) is 2.54. The van der Waals surface area contributed by atoms with Crippen molar-refractivity contribution in [3.05, 3.63) is 23.8 Å². The number of hydrogen-bond donors (Lipinski definition) is 2. The Bertz CT molecular complexity index is 258. The highest BCUT2D eigenvalue weighted by Crippen LogP contribution is 2.24. The summed E-state index contributed by atoms with van der Waals surface area (Å²) >= 11 is 0. The molecular weight excluding hydrogens is 219 g/mol. The van der Waals surface area contributed by atoms with Gasteiger partial charge in [0.2, 0.25) is 0 Å². The minimum Gasteiger partial charge on any atom is -0.382 e. The van der Waals surface area contributed by atoms with Crippen LogP contribution < -0.4 is 5.73 Å². The lowest BCUT2D eigenvalue weighted by Gasteiger charge is -2.21. The highest BCUT2D eigenvalue weighted by molar-refractivity contribution is 5.17. The first-order valence-electron chi connectivity index (χ1n) is 5.11. The van der Waals surface area contributed by atoms with Crippen molar-refractivity contribution in [2.24, 2.45) is 5.73 Å². The van der Waals surface area contributed by atoms with Gasteiger partial charge < -0.3 is 10.8 Å². The predicted molar refractivity (Wildman–Crippen MR) is 57.8 cm³/mol. The first-order chi connectivity index (χ1) is 7.32. The van der Waals surface area contributed by atoms with Crippen LogP contribution in [0.15, 0.2) is 23.8 Å². The standard InChI is InChI=1S/C11H18F3NO/c1-3-5-8(4-2)6-7-9(15)10(16)11(12,13)14/h3-5,9-10,16H,6-7,15H2,1-2H3. The van der Waals surface area contributed by atoms with Crippen LogP contribution in [0.25, 0.3) is 0 Å². The van der Waals surface area contributed by atoms with Gasteiger partial charge in [-0.25, -0.2) is 0 Å². The smallest absolute Gasteiger partial charge is 0.382 e. The molecule has 0 aromatic heterocycles. The van der Waals surface area contributed by atoms with Crippen molar-refractivity contribution in [3.63, 3.8) is 0 Å². The van der Waals surface area contributed by atoms with E-state index in [4.69, 9.17) is 10.8 Å². The normalized spacial score (nSPS) is 17.8. The molecule has 2 nitrogen and oxygen atoms in total. The molecule has 0 saturated heterocycles. The van der Waals surface area contributed by atoms with Crippen molar-refractivity contribution < 1.29 is 18.3 Å². The van der Waals surface area contributed by atoms with Crippen molar-refractivity contribution in [2.75, 3.05) is 0 Å². The van der Waals surface area contributed by atoms with E-state index >= 15 is 0 Å². The molecule has 0 bridgehead atoms. The second-order valence-electron chi connectivity index (χ2n) is 3.55. The van der Waals surface area contributed by atoms with E-state index in [-0.39, 0.29) is 6.42 Å². The highest BCUT2D eigenvalue weighted by Gasteiger charge is 2.41. The summed E-state index contributed by atoms with van der Waals surface area (Å²) in [7, 11) is 0. The fraction of sp³-hybridized carbons (Fsp3) is 0.636. The Morgan fingerprint density at radius 2 is 1.94 bits per heavy atom. The van der Waals surface area contributed by atoms with E-state index in [0.29, 0.717) is 6.42 Å². The van der Waals surface area contributed by atoms with Crippen LogP contribution in [0.4, 0.5) is 13.2 Å². The van der Waals surface area contributed by atoms with E-state index in [2.05, 4.69) is 0 Å². The maximum absolute atomic E-state index is 12.1. The Morgan fingerprint density at radius 3 is 2.31 bits per heavy atom. The van der Waals surface area contributed by atoms with E-state index in [1.165, 1.54) is 0 Å². The first kappa shape index (κ1) is 15.2. The Balaban J connectivity index is 4.21. The van der Waals surface area contributed by atoms with Gasteiger partial charge in [-0.15, -0.1) is 0 Å². The lowest BCUT2D eigenvalue weighted by molar-refractivity contribution is -0.209. The van der Waals surface area contributed by atoms with E-state index in [0.717, 1.165) is 5.57 Å². The summed E-state index contributed by atoms with van der Waals surface area (Å²) in [6, 6.07) is -1.28. The van der Waals surface area contributed by atoms with Crippen molar-refractivity contribution >= 4 is 0 Å². The molecule has 2 atom stereocenters. The molecule has 16 heavy (non-hydrogen) atoms. The molecule has 0 rings (SSSR count). The van der Waals surface area contributed by atoms with Gasteiger partial charge in [0, 0.05) is 6.04 Å². The van der Waals surface area contributed by atoms with E-state index in [1.807, 2.05) is 19.1 Å². The van der Waals surface area contributed by atoms with Crippen molar-refractivity contribution in [2.45, 2.75) is 45.0 Å². The summed E-state index contributed by atoms with van der Waals surface area (Å²) in [6.07, 6.45) is -1.13. The van der Waals surface area contributed by atoms with Gasteiger partial charge in [-0.2, -0.15) is 13.2 Å². The van der Waals surface area contributed by atoms with E-state index in [1.54, 1.807) is 13.0 Å². The van der Waals surface area contributed by atoms with Gasteiger partial charge in [0.1, 0.15) is 0 Å². The number of halogens is 3. The number of allylic oxidation sites excluding steroid dienone is 4. The van der Waals surface area contributed by atoms with Crippen molar-refractivity contribution in [3.8, 4) is 0 Å². The SMILES string of the molecule is CC=CC(=CC)CCC(N)C(O)C(F)(F)F. The summed E-state index contributed by atoms with van der Waals surface area (Å²) in [5, 5.41) is 8.88. The van der Waals surface area contributed by atoms with Crippen molar-refractivity contribution in [1.29, 1.82) is 0 Å². The zero-order valence-electron chi connectivity index (χ0n) is 9.46. The maximum Gasteiger partial charge on any atom is 0.415 e. The maximum atomic E-state index is 12.1. The van der Waals surface area contributed by atoms with Gasteiger partial charge >= 0.3 is 6.18 Å². The molecule has 0 amide bonds. The molecule has 0 spiro atoms. The Morgan fingerprint density at radius 1 is 1.38 bits per heavy atom. The molecule has 0 aromatic carbocycles. The van der Waals surface area contributed by atoms with Gasteiger partial charge in [-0.3, -0.25) is 0 Å². The second kappa shape index (κ2) is 6.70. The molecule has 0 aliphatic heterocycles. The van der Waals surface area contributed by atoms with E-state index in [9.17, 15) is 13.2 Å². The molecule has 0 heterocycles. The second-order valence-corrected chi connectivity index (χ2v) is 3.55. The van der Waals surface area contributed by atoms with Crippen LogP contribution in [0.5, 0.6) is 0 Å². The Kier molecular flexibility index (Phi) is 6.36. The van der Waals surface area contributed by atoms with Crippen LogP contribution in [-0.2, 0) is 0 Å². The lowest BCUT2D eigenvalue weighted by atomic mass is 10.0. The Labute approximate surface area is 93.6 Å². The number of alkyl halides is 3. The average Bonchev–Trinajstić information content (AvgIpc) is 2.21. The third kappa shape index (κ3) is 5.32. The van der Waals surface area contributed by atoms with Gasteiger partial charge in [0.25, 0.3) is 0 Å². The van der Waals surface area contributed by atoms with Gasteiger partial charge in [-0.1, -0.05) is 23.8 Å². The monoisotopic (exact) mass is 237 g/mol. The fourth-order valence-electron chi connectivity index (χ4n) is 1.27. The minimum absolute atomic E-state index is 0.102. The summed E-state index contributed by atoms with van der Waals surface area (Å²) in [6.45, 7) is 3.63. The molecule has 0 saturated carbocycles. The molecule has 0 radical (unpaired) electrons. The minimum atomic E-state index is -4.64. The molecule has 3 N–H and O–H groups in total. The number of aliphatic hydroxyl groups is 1. The zero-order chi connectivity index (χ0) is 12.8. The third-order valence-corrected chi connectivity index (χ3v) is 2.26. The number of rotatable bonds is 5. The largest absolute Gasteiger partial charge is 0.415 e. The molecule has 5 heteroatoms.